The number of hydrogen-bond acceptors (Lipinski definition) is 7. The van der Waals surface area contributed by atoms with Crippen molar-refractivity contribution in [1.82, 2.24) is 24.7 Å². The second-order valence-electron chi connectivity index (χ2n) is 9.17. The minimum atomic E-state index is -0.0140. The number of rotatable bonds is 9. The largest absolute Gasteiger partial charge is 0.369 e. The van der Waals surface area contributed by atoms with Crippen molar-refractivity contribution in [2.75, 3.05) is 77.6 Å². The van der Waals surface area contributed by atoms with E-state index >= 15 is 0 Å². The topological polar surface area (TPSA) is 76.6 Å². The Kier molecular flexibility index (Phi) is 8.05. The summed E-state index contributed by atoms with van der Waals surface area (Å²) in [5.74, 6) is 1.40. The number of aromatic nitrogens is 2. The summed E-state index contributed by atoms with van der Waals surface area (Å²) in [7, 11) is 6.27. The summed E-state index contributed by atoms with van der Waals surface area (Å²) >= 11 is 0. The smallest absolute Gasteiger partial charge is 0.238 e. The highest BCUT2D eigenvalue weighted by Gasteiger charge is 2.18. The van der Waals surface area contributed by atoms with Crippen molar-refractivity contribution in [1.29, 1.82) is 0 Å². The molecule has 4 rings (SSSR count). The van der Waals surface area contributed by atoms with Crippen LogP contribution in [0.1, 0.15) is 6.42 Å². The zero-order valence-corrected chi connectivity index (χ0v) is 20.4. The predicted octanol–water partition coefficient (Wildman–Crippen LogP) is 2.85. The van der Waals surface area contributed by atoms with Gasteiger partial charge in [0.25, 0.3) is 0 Å². The number of nitrogens with one attached hydrogen (secondary N) is 2. The number of nitrogens with zero attached hydrogens (tertiary/aromatic N) is 5. The summed E-state index contributed by atoms with van der Waals surface area (Å²) in [4.78, 5) is 29.2. The number of likely N-dealkylation sites (N-methyl/N-ethyl adjacent to an activating group) is 1. The molecule has 0 radical (unpaired) electrons. The molecule has 8 heteroatoms. The van der Waals surface area contributed by atoms with E-state index in [2.05, 4.69) is 46.5 Å². The van der Waals surface area contributed by atoms with Gasteiger partial charge in [0.15, 0.2) is 5.82 Å². The lowest BCUT2D eigenvalue weighted by Gasteiger charge is -2.31. The number of hydrogen-bond donors (Lipinski definition) is 2. The van der Waals surface area contributed by atoms with E-state index in [1.807, 2.05) is 48.5 Å². The third kappa shape index (κ3) is 6.28. The van der Waals surface area contributed by atoms with E-state index in [-0.39, 0.29) is 5.91 Å². The van der Waals surface area contributed by atoms with Gasteiger partial charge in [-0.05, 0) is 58.4 Å². The number of para-hydroxylation sites is 2. The monoisotopic (exact) mass is 461 g/mol. The maximum Gasteiger partial charge on any atom is 0.238 e. The number of anilines is 2. The van der Waals surface area contributed by atoms with E-state index in [1.165, 1.54) is 0 Å². The number of piperazine rings is 1. The zero-order chi connectivity index (χ0) is 23.9. The average molecular weight is 462 g/mol. The van der Waals surface area contributed by atoms with Crippen molar-refractivity contribution in [3.8, 4) is 11.4 Å². The lowest BCUT2D eigenvalue weighted by Crippen LogP contribution is -2.47. The van der Waals surface area contributed by atoms with Gasteiger partial charge in [0.1, 0.15) is 5.82 Å². The fourth-order valence-corrected chi connectivity index (χ4v) is 4.12. The Balaban J connectivity index is 1.55. The molecule has 0 bridgehead atoms. The van der Waals surface area contributed by atoms with Crippen LogP contribution in [0.5, 0.6) is 0 Å². The molecule has 34 heavy (non-hydrogen) atoms. The van der Waals surface area contributed by atoms with Crippen LogP contribution in [-0.2, 0) is 4.79 Å². The first-order valence-corrected chi connectivity index (χ1v) is 11.9. The fraction of sp³-hybridized carbons (Fsp3) is 0.423. The number of fused-ring (bicyclic) bond motifs is 1. The quantitative estimate of drug-likeness (QED) is 0.475. The zero-order valence-electron chi connectivity index (χ0n) is 20.4. The fourth-order valence-electron chi connectivity index (χ4n) is 4.12. The first-order chi connectivity index (χ1) is 16.5. The Morgan fingerprint density at radius 2 is 1.74 bits per heavy atom. The van der Waals surface area contributed by atoms with Gasteiger partial charge in [-0.3, -0.25) is 9.69 Å². The SMILES string of the molecule is CN(C)CCCNc1nc(-c2ccccc2NC(=O)CN2CCN(C)CC2)nc2ccccc12. The number of carbonyl (C=O) groups excluding carboxylic acids is 1. The Hall–Kier alpha value is -3.07. The van der Waals surface area contributed by atoms with Gasteiger partial charge in [0, 0.05) is 43.7 Å². The summed E-state index contributed by atoms with van der Waals surface area (Å²) in [5.41, 5.74) is 2.42. The predicted molar refractivity (Wildman–Crippen MR) is 139 cm³/mol. The van der Waals surface area contributed by atoms with Crippen molar-refractivity contribution in [3.63, 3.8) is 0 Å². The Bertz CT molecular complexity index is 1110. The molecular weight excluding hydrogens is 426 g/mol. The number of carbonyl (C=O) groups is 1. The first kappa shape index (κ1) is 24.1. The van der Waals surface area contributed by atoms with Crippen LogP contribution < -0.4 is 10.6 Å². The van der Waals surface area contributed by atoms with E-state index in [9.17, 15) is 4.79 Å². The molecule has 1 aliphatic rings. The third-order valence-electron chi connectivity index (χ3n) is 6.08. The number of amides is 1. The molecule has 1 aliphatic heterocycles. The normalized spacial score (nSPS) is 15.1. The van der Waals surface area contributed by atoms with E-state index in [0.29, 0.717) is 12.4 Å². The summed E-state index contributed by atoms with van der Waals surface area (Å²) in [6.45, 7) is 6.00. The van der Waals surface area contributed by atoms with Crippen LogP contribution in [0.4, 0.5) is 11.5 Å². The molecule has 2 aromatic carbocycles. The van der Waals surface area contributed by atoms with Gasteiger partial charge >= 0.3 is 0 Å². The second kappa shape index (κ2) is 11.4. The molecule has 0 atom stereocenters. The van der Waals surface area contributed by atoms with Gasteiger partial charge in [-0.15, -0.1) is 0 Å². The van der Waals surface area contributed by atoms with Crippen LogP contribution in [0.25, 0.3) is 22.3 Å². The van der Waals surface area contributed by atoms with E-state index in [1.54, 1.807) is 0 Å². The minimum absolute atomic E-state index is 0.0140. The van der Waals surface area contributed by atoms with Gasteiger partial charge < -0.3 is 20.4 Å². The van der Waals surface area contributed by atoms with Crippen molar-refractivity contribution < 1.29 is 4.79 Å². The van der Waals surface area contributed by atoms with Crippen molar-refractivity contribution in [2.45, 2.75) is 6.42 Å². The molecule has 0 saturated carbocycles. The van der Waals surface area contributed by atoms with Gasteiger partial charge in [0.05, 0.1) is 17.7 Å². The van der Waals surface area contributed by atoms with Crippen LogP contribution in [0.3, 0.4) is 0 Å². The number of benzene rings is 2. The van der Waals surface area contributed by atoms with Crippen LogP contribution in [-0.4, -0.2) is 97.5 Å². The summed E-state index contributed by atoms with van der Waals surface area (Å²) in [6, 6.07) is 15.8. The van der Waals surface area contributed by atoms with Crippen molar-refractivity contribution in [3.05, 3.63) is 48.5 Å². The Morgan fingerprint density at radius 1 is 1.00 bits per heavy atom. The summed E-state index contributed by atoms with van der Waals surface area (Å²) < 4.78 is 0. The summed E-state index contributed by atoms with van der Waals surface area (Å²) in [5, 5.41) is 7.59. The van der Waals surface area contributed by atoms with E-state index in [4.69, 9.17) is 9.97 Å². The Labute approximate surface area is 202 Å². The van der Waals surface area contributed by atoms with Crippen LogP contribution in [0.15, 0.2) is 48.5 Å². The third-order valence-corrected chi connectivity index (χ3v) is 6.08. The highest BCUT2D eigenvalue weighted by Crippen LogP contribution is 2.29. The standard InChI is InChI=1S/C26H35N7O/c1-31(2)14-8-13-27-25-20-9-4-7-12-23(20)29-26(30-25)21-10-5-6-11-22(21)28-24(34)19-33-17-15-32(3)16-18-33/h4-7,9-12H,8,13-19H2,1-3H3,(H,28,34)(H,27,29,30). The molecule has 1 saturated heterocycles. The van der Waals surface area contributed by atoms with Crippen LogP contribution in [0.2, 0.25) is 0 Å². The second-order valence-corrected chi connectivity index (χ2v) is 9.17. The molecule has 0 unspecified atom stereocenters. The summed E-state index contributed by atoms with van der Waals surface area (Å²) in [6.07, 6.45) is 1.01. The maximum atomic E-state index is 12.8. The molecule has 8 nitrogen and oxygen atoms in total. The Morgan fingerprint density at radius 3 is 2.53 bits per heavy atom. The highest BCUT2D eigenvalue weighted by molar-refractivity contribution is 5.97. The van der Waals surface area contributed by atoms with Gasteiger partial charge in [-0.1, -0.05) is 24.3 Å². The lowest BCUT2D eigenvalue weighted by molar-refractivity contribution is -0.117. The van der Waals surface area contributed by atoms with Gasteiger partial charge in [-0.25, -0.2) is 9.97 Å². The van der Waals surface area contributed by atoms with E-state index < -0.39 is 0 Å². The molecule has 3 aromatic rings. The minimum Gasteiger partial charge on any atom is -0.369 e. The molecule has 1 aromatic heterocycles. The van der Waals surface area contributed by atoms with Crippen LogP contribution >= 0.6 is 0 Å². The van der Waals surface area contributed by atoms with Crippen LogP contribution in [0, 0.1) is 0 Å². The average Bonchev–Trinajstić information content (AvgIpc) is 2.83. The first-order valence-electron chi connectivity index (χ1n) is 11.9. The highest BCUT2D eigenvalue weighted by atomic mass is 16.2. The molecule has 0 spiro atoms. The molecular formula is C26H35N7O. The molecule has 0 aliphatic carbocycles. The molecule has 2 N–H and O–H groups in total. The van der Waals surface area contributed by atoms with Gasteiger partial charge in [-0.2, -0.15) is 0 Å². The molecule has 180 valence electrons. The molecule has 1 fully saturated rings. The molecule has 1 amide bonds. The van der Waals surface area contributed by atoms with Crippen molar-refractivity contribution >= 4 is 28.3 Å². The lowest BCUT2D eigenvalue weighted by atomic mass is 10.1. The molecule has 2 heterocycles. The van der Waals surface area contributed by atoms with Gasteiger partial charge in [0.2, 0.25) is 5.91 Å². The van der Waals surface area contributed by atoms with E-state index in [0.717, 1.165) is 73.7 Å². The maximum absolute atomic E-state index is 12.8. The van der Waals surface area contributed by atoms with Crippen molar-refractivity contribution in [2.24, 2.45) is 0 Å².